The first-order valence-corrected chi connectivity index (χ1v) is 12.6. The lowest BCUT2D eigenvalue weighted by Gasteiger charge is -2.34. The number of anilines is 1. The monoisotopic (exact) mass is 482 g/mol. The van der Waals surface area contributed by atoms with Crippen molar-refractivity contribution in [3.63, 3.8) is 0 Å². The van der Waals surface area contributed by atoms with E-state index in [1.165, 1.54) is 30.5 Å². The Hall–Kier alpha value is -2.77. The average molecular weight is 482 g/mol. The molecule has 2 saturated heterocycles. The zero-order valence-corrected chi connectivity index (χ0v) is 19.7. The number of rotatable bonds is 6. The second-order valence-electron chi connectivity index (χ2n) is 10.5. The third kappa shape index (κ3) is 5.26. The number of halogens is 3. The standard InChI is InChI=1S/C27H30BF3N2O2/c29-27(30,31)22-7-1-19(2-8-22)18-32-24(34)17-28-14-11-26(12-15-28)13-16-33(25(26)35)23-9-5-21(6-10-23)20-3-4-20/h1-2,5-10,20H,3-4,11-18H2,(H,32,34). The van der Waals surface area contributed by atoms with Crippen LogP contribution < -0.4 is 10.2 Å². The van der Waals surface area contributed by atoms with Crippen LogP contribution in [0.3, 0.4) is 0 Å². The largest absolute Gasteiger partial charge is 0.416 e. The van der Waals surface area contributed by atoms with Crippen molar-refractivity contribution in [2.45, 2.75) is 69.7 Å². The molecule has 1 aliphatic carbocycles. The van der Waals surface area contributed by atoms with Gasteiger partial charge in [-0.3, -0.25) is 9.59 Å². The molecule has 2 aromatic rings. The van der Waals surface area contributed by atoms with E-state index in [1.54, 1.807) is 0 Å². The second kappa shape index (κ2) is 9.36. The highest BCUT2D eigenvalue weighted by Gasteiger charge is 2.49. The number of hydrogen-bond acceptors (Lipinski definition) is 2. The van der Waals surface area contributed by atoms with Crippen molar-refractivity contribution < 1.29 is 22.8 Å². The van der Waals surface area contributed by atoms with E-state index in [9.17, 15) is 22.8 Å². The lowest BCUT2D eigenvalue weighted by Crippen LogP contribution is -2.40. The summed E-state index contributed by atoms with van der Waals surface area (Å²) in [6.45, 7) is 1.19. The predicted molar refractivity (Wildman–Crippen MR) is 131 cm³/mol. The molecule has 184 valence electrons. The maximum Gasteiger partial charge on any atom is 0.416 e. The van der Waals surface area contributed by atoms with E-state index in [0.717, 1.165) is 56.3 Å². The van der Waals surface area contributed by atoms with Gasteiger partial charge in [-0.15, -0.1) is 0 Å². The molecule has 2 heterocycles. The van der Waals surface area contributed by atoms with E-state index < -0.39 is 11.7 Å². The molecule has 8 heteroatoms. The van der Waals surface area contributed by atoms with Crippen molar-refractivity contribution in [2.75, 3.05) is 11.4 Å². The third-order valence-corrected chi connectivity index (χ3v) is 8.07. The van der Waals surface area contributed by atoms with Gasteiger partial charge in [-0.2, -0.15) is 13.2 Å². The van der Waals surface area contributed by atoms with Gasteiger partial charge in [0.1, 0.15) is 0 Å². The SMILES string of the molecule is O=C(CB1CCC2(CC1)CCN(c1ccc(C3CC3)cc1)C2=O)NCc1ccc(C(F)(F)F)cc1. The maximum atomic E-state index is 13.4. The molecule has 5 rings (SSSR count). The van der Waals surface area contributed by atoms with Crippen LogP contribution in [0.2, 0.25) is 19.0 Å². The number of nitrogens with zero attached hydrogens (tertiary/aromatic N) is 1. The van der Waals surface area contributed by atoms with Crippen LogP contribution >= 0.6 is 0 Å². The van der Waals surface area contributed by atoms with E-state index in [1.807, 2.05) is 4.90 Å². The Morgan fingerprint density at radius 3 is 2.26 bits per heavy atom. The van der Waals surface area contributed by atoms with Gasteiger partial charge in [-0.05, 0) is 73.4 Å². The molecule has 1 saturated carbocycles. The number of nitrogens with one attached hydrogen (secondary N) is 1. The summed E-state index contributed by atoms with van der Waals surface area (Å²) in [5.74, 6) is 0.829. The van der Waals surface area contributed by atoms with Gasteiger partial charge in [-0.25, -0.2) is 0 Å². The highest BCUT2D eigenvalue weighted by molar-refractivity contribution is 6.62. The summed E-state index contributed by atoms with van der Waals surface area (Å²) in [4.78, 5) is 27.7. The molecule has 0 radical (unpaired) electrons. The second-order valence-corrected chi connectivity index (χ2v) is 10.5. The van der Waals surface area contributed by atoms with Crippen molar-refractivity contribution >= 4 is 24.2 Å². The molecule has 1 N–H and O–H groups in total. The number of amides is 2. The fourth-order valence-corrected chi connectivity index (χ4v) is 5.65. The van der Waals surface area contributed by atoms with E-state index >= 15 is 0 Å². The first-order valence-electron chi connectivity index (χ1n) is 12.6. The predicted octanol–water partition coefficient (Wildman–Crippen LogP) is 5.91. The molecule has 2 aliphatic heterocycles. The van der Waals surface area contributed by atoms with Gasteiger partial charge in [0.05, 0.1) is 11.0 Å². The molecule has 2 aromatic carbocycles. The molecule has 0 unspecified atom stereocenters. The van der Waals surface area contributed by atoms with Crippen molar-refractivity contribution in [1.82, 2.24) is 5.32 Å². The average Bonchev–Trinajstić information content (AvgIpc) is 3.65. The summed E-state index contributed by atoms with van der Waals surface area (Å²) < 4.78 is 38.1. The highest BCUT2D eigenvalue weighted by Crippen LogP contribution is 2.47. The Bertz CT molecular complexity index is 1070. The van der Waals surface area contributed by atoms with Crippen LogP contribution in [0, 0.1) is 5.41 Å². The number of benzene rings is 2. The molecular formula is C27H30BF3N2O2. The summed E-state index contributed by atoms with van der Waals surface area (Å²) in [5, 5.41) is 2.82. The summed E-state index contributed by atoms with van der Waals surface area (Å²) >= 11 is 0. The number of hydrogen-bond donors (Lipinski definition) is 1. The first kappa shape index (κ1) is 24.0. The lowest BCUT2D eigenvalue weighted by atomic mass is 9.36. The molecular weight excluding hydrogens is 452 g/mol. The van der Waals surface area contributed by atoms with Gasteiger partial charge in [0.25, 0.3) is 0 Å². The Morgan fingerprint density at radius 2 is 1.66 bits per heavy atom. The summed E-state index contributed by atoms with van der Waals surface area (Å²) in [6, 6.07) is 13.3. The third-order valence-electron chi connectivity index (χ3n) is 8.07. The number of carbonyl (C=O) groups excluding carboxylic acids is 2. The van der Waals surface area contributed by atoms with Gasteiger partial charge in [0, 0.05) is 25.1 Å². The summed E-state index contributed by atoms with van der Waals surface area (Å²) in [5.41, 5.74) is 1.99. The topological polar surface area (TPSA) is 49.4 Å². The van der Waals surface area contributed by atoms with Crippen molar-refractivity contribution in [1.29, 1.82) is 0 Å². The van der Waals surface area contributed by atoms with Crippen LogP contribution in [-0.2, 0) is 22.3 Å². The van der Waals surface area contributed by atoms with Crippen molar-refractivity contribution in [3.8, 4) is 0 Å². The fraction of sp³-hybridized carbons (Fsp3) is 0.481. The molecule has 3 fully saturated rings. The van der Waals surface area contributed by atoms with Crippen LogP contribution in [0.15, 0.2) is 48.5 Å². The van der Waals surface area contributed by atoms with Gasteiger partial charge >= 0.3 is 6.18 Å². The van der Waals surface area contributed by atoms with Crippen LogP contribution in [-0.4, -0.2) is 25.1 Å². The Kier molecular flexibility index (Phi) is 6.40. The molecule has 0 bridgehead atoms. The van der Waals surface area contributed by atoms with Crippen molar-refractivity contribution in [2.24, 2.45) is 5.41 Å². The van der Waals surface area contributed by atoms with Crippen LogP contribution in [0.1, 0.15) is 54.7 Å². The molecule has 4 nitrogen and oxygen atoms in total. The van der Waals surface area contributed by atoms with Crippen LogP contribution in [0.25, 0.3) is 0 Å². The van der Waals surface area contributed by atoms with E-state index in [-0.39, 0.29) is 30.5 Å². The van der Waals surface area contributed by atoms with Crippen LogP contribution in [0.4, 0.5) is 18.9 Å². The minimum absolute atomic E-state index is 0.0963. The van der Waals surface area contributed by atoms with Gasteiger partial charge < -0.3 is 10.2 Å². The molecule has 3 aliphatic rings. The first-order chi connectivity index (χ1) is 16.7. The van der Waals surface area contributed by atoms with E-state index in [4.69, 9.17) is 0 Å². The normalized spacial score (nSPS) is 19.9. The van der Waals surface area contributed by atoms with Gasteiger partial charge in [0.2, 0.25) is 11.8 Å². The molecule has 0 atom stereocenters. The van der Waals surface area contributed by atoms with Crippen LogP contribution in [0.5, 0.6) is 0 Å². The minimum atomic E-state index is -4.36. The number of alkyl halides is 3. The summed E-state index contributed by atoms with van der Waals surface area (Å²) in [7, 11) is 0. The molecule has 2 amide bonds. The van der Waals surface area contributed by atoms with E-state index in [0.29, 0.717) is 17.8 Å². The van der Waals surface area contributed by atoms with Crippen molar-refractivity contribution in [3.05, 3.63) is 65.2 Å². The fourth-order valence-electron chi connectivity index (χ4n) is 5.65. The summed E-state index contributed by atoms with van der Waals surface area (Å²) in [6.07, 6.45) is 2.71. The lowest BCUT2D eigenvalue weighted by molar-refractivity contribution is -0.137. The number of carbonyl (C=O) groups is 2. The van der Waals surface area contributed by atoms with E-state index in [2.05, 4.69) is 29.6 Å². The maximum absolute atomic E-state index is 13.4. The Morgan fingerprint density at radius 1 is 1.00 bits per heavy atom. The zero-order chi connectivity index (χ0) is 24.6. The van der Waals surface area contributed by atoms with Gasteiger partial charge in [-0.1, -0.05) is 36.9 Å². The quantitative estimate of drug-likeness (QED) is 0.521. The Balaban J connectivity index is 1.09. The Labute approximate surface area is 204 Å². The minimum Gasteiger partial charge on any atom is -0.353 e. The smallest absolute Gasteiger partial charge is 0.353 e. The van der Waals surface area contributed by atoms with Gasteiger partial charge in [0.15, 0.2) is 6.71 Å². The molecule has 35 heavy (non-hydrogen) atoms. The zero-order valence-electron chi connectivity index (χ0n) is 19.7. The molecule has 1 spiro atoms. The highest BCUT2D eigenvalue weighted by atomic mass is 19.4. The molecule has 0 aromatic heterocycles.